The van der Waals surface area contributed by atoms with Crippen LogP contribution in [-0.2, 0) is 9.59 Å². The Labute approximate surface area is 140 Å². The van der Waals surface area contributed by atoms with Gasteiger partial charge in [-0.2, -0.15) is 0 Å². The van der Waals surface area contributed by atoms with Crippen LogP contribution in [0.15, 0.2) is 48.5 Å². The molecule has 0 bridgehead atoms. The molecule has 0 unspecified atom stereocenters. The van der Waals surface area contributed by atoms with E-state index in [1.807, 2.05) is 24.3 Å². The summed E-state index contributed by atoms with van der Waals surface area (Å²) >= 11 is 5.78. The fourth-order valence-corrected chi connectivity index (χ4v) is 2.17. The zero-order valence-corrected chi connectivity index (χ0v) is 13.9. The number of anilines is 2. The van der Waals surface area contributed by atoms with Crippen LogP contribution in [0.5, 0.6) is 0 Å². The summed E-state index contributed by atoms with van der Waals surface area (Å²) in [4.78, 5) is 23.7. The van der Waals surface area contributed by atoms with Crippen LogP contribution in [0.2, 0.25) is 5.02 Å². The second kappa shape index (κ2) is 7.79. The van der Waals surface area contributed by atoms with Gasteiger partial charge in [-0.15, -0.1) is 0 Å². The van der Waals surface area contributed by atoms with Gasteiger partial charge in [0.25, 0.3) is 0 Å². The van der Waals surface area contributed by atoms with Crippen molar-refractivity contribution in [2.24, 2.45) is 0 Å². The van der Waals surface area contributed by atoms with Crippen molar-refractivity contribution in [3.8, 4) is 0 Å². The largest absolute Gasteiger partial charge is 0.326 e. The van der Waals surface area contributed by atoms with E-state index in [0.29, 0.717) is 22.3 Å². The molecule has 0 atom stereocenters. The molecule has 0 aliphatic rings. The van der Waals surface area contributed by atoms with Crippen LogP contribution in [0, 0.1) is 0 Å². The highest BCUT2D eigenvalue weighted by Gasteiger charge is 2.10. The second-order valence-electron chi connectivity index (χ2n) is 5.56. The molecule has 0 radical (unpaired) electrons. The van der Waals surface area contributed by atoms with E-state index < -0.39 is 0 Å². The Balaban J connectivity index is 1.86. The number of carbonyl (C=O) groups is 2. The van der Waals surface area contributed by atoms with Gasteiger partial charge in [-0.25, -0.2) is 0 Å². The summed E-state index contributed by atoms with van der Waals surface area (Å²) in [7, 11) is 0. The van der Waals surface area contributed by atoms with E-state index in [9.17, 15) is 9.59 Å². The maximum Gasteiger partial charge on any atom is 0.233 e. The summed E-state index contributed by atoms with van der Waals surface area (Å²) in [5.74, 6) is -0.290. The molecule has 2 N–H and O–H groups in total. The summed E-state index contributed by atoms with van der Waals surface area (Å²) in [5.41, 5.74) is 2.48. The summed E-state index contributed by atoms with van der Waals surface area (Å²) in [6, 6.07) is 14.3. The molecule has 0 fully saturated rings. The first kappa shape index (κ1) is 17.0. The first-order chi connectivity index (χ1) is 10.9. The highest BCUT2D eigenvalue weighted by molar-refractivity contribution is 6.30. The molecule has 0 spiro atoms. The SMILES string of the molecule is CC(C)c1ccc(NC(=O)CC(=O)Nc2ccc(Cl)cc2)cc1. The average Bonchev–Trinajstić information content (AvgIpc) is 2.50. The van der Waals surface area contributed by atoms with E-state index >= 15 is 0 Å². The van der Waals surface area contributed by atoms with Crippen molar-refractivity contribution in [2.45, 2.75) is 26.2 Å². The molecule has 23 heavy (non-hydrogen) atoms. The smallest absolute Gasteiger partial charge is 0.233 e. The molecule has 0 aliphatic heterocycles. The fraction of sp³-hybridized carbons (Fsp3) is 0.222. The first-order valence-corrected chi connectivity index (χ1v) is 7.77. The molecular formula is C18H19ClN2O2. The summed E-state index contributed by atoms with van der Waals surface area (Å²) in [6.07, 6.45) is -0.242. The summed E-state index contributed by atoms with van der Waals surface area (Å²) in [6.45, 7) is 4.21. The Bertz CT molecular complexity index is 679. The predicted octanol–water partition coefficient (Wildman–Crippen LogP) is 4.43. The van der Waals surface area contributed by atoms with Crippen molar-refractivity contribution in [3.63, 3.8) is 0 Å². The van der Waals surface area contributed by atoms with Gasteiger partial charge in [-0.05, 0) is 47.9 Å². The van der Waals surface area contributed by atoms with Crippen LogP contribution in [0.25, 0.3) is 0 Å². The minimum atomic E-state index is -0.372. The van der Waals surface area contributed by atoms with Gasteiger partial charge >= 0.3 is 0 Å². The minimum Gasteiger partial charge on any atom is -0.326 e. The fourth-order valence-electron chi connectivity index (χ4n) is 2.04. The molecule has 0 heterocycles. The Morgan fingerprint density at radius 3 is 1.74 bits per heavy atom. The molecule has 2 aromatic rings. The van der Waals surface area contributed by atoms with E-state index in [0.717, 1.165) is 0 Å². The highest BCUT2D eigenvalue weighted by Crippen LogP contribution is 2.17. The maximum absolute atomic E-state index is 11.9. The van der Waals surface area contributed by atoms with Crippen molar-refractivity contribution in [1.82, 2.24) is 0 Å². The summed E-state index contributed by atoms with van der Waals surface area (Å²) < 4.78 is 0. The number of halogens is 1. The lowest BCUT2D eigenvalue weighted by Crippen LogP contribution is -2.21. The molecule has 5 heteroatoms. The van der Waals surface area contributed by atoms with Gasteiger partial charge in [0, 0.05) is 16.4 Å². The van der Waals surface area contributed by atoms with E-state index in [2.05, 4.69) is 24.5 Å². The van der Waals surface area contributed by atoms with E-state index in [-0.39, 0.29) is 18.2 Å². The third kappa shape index (κ3) is 5.42. The van der Waals surface area contributed by atoms with Gasteiger partial charge in [0.05, 0.1) is 0 Å². The molecule has 0 saturated heterocycles. The first-order valence-electron chi connectivity index (χ1n) is 7.39. The monoisotopic (exact) mass is 330 g/mol. The molecular weight excluding hydrogens is 312 g/mol. The van der Waals surface area contributed by atoms with Crippen molar-refractivity contribution in [1.29, 1.82) is 0 Å². The second-order valence-corrected chi connectivity index (χ2v) is 5.99. The van der Waals surface area contributed by atoms with Crippen LogP contribution in [0.4, 0.5) is 11.4 Å². The van der Waals surface area contributed by atoms with E-state index in [4.69, 9.17) is 11.6 Å². The minimum absolute atomic E-state index is 0.242. The average molecular weight is 331 g/mol. The van der Waals surface area contributed by atoms with Crippen LogP contribution >= 0.6 is 11.6 Å². The van der Waals surface area contributed by atoms with E-state index in [1.165, 1.54) is 5.56 Å². The van der Waals surface area contributed by atoms with Crippen LogP contribution < -0.4 is 10.6 Å². The highest BCUT2D eigenvalue weighted by atomic mass is 35.5. The normalized spacial score (nSPS) is 10.4. The van der Waals surface area contributed by atoms with Crippen LogP contribution in [-0.4, -0.2) is 11.8 Å². The quantitative estimate of drug-likeness (QED) is 0.797. The van der Waals surface area contributed by atoms with Gasteiger partial charge in [-0.3, -0.25) is 9.59 Å². The summed E-state index contributed by atoms with van der Waals surface area (Å²) in [5, 5.41) is 5.95. The van der Waals surface area contributed by atoms with Crippen LogP contribution in [0.1, 0.15) is 31.7 Å². The van der Waals surface area contributed by atoms with Crippen molar-refractivity contribution in [2.75, 3.05) is 10.6 Å². The van der Waals surface area contributed by atoms with Crippen molar-refractivity contribution >= 4 is 34.8 Å². The zero-order chi connectivity index (χ0) is 16.8. The molecule has 2 aromatic carbocycles. The van der Waals surface area contributed by atoms with E-state index in [1.54, 1.807) is 24.3 Å². The van der Waals surface area contributed by atoms with Crippen molar-refractivity contribution < 1.29 is 9.59 Å². The predicted molar refractivity (Wildman–Crippen MR) is 93.9 cm³/mol. The Morgan fingerprint density at radius 1 is 0.870 bits per heavy atom. The molecule has 4 nitrogen and oxygen atoms in total. The lowest BCUT2D eigenvalue weighted by atomic mass is 10.0. The lowest BCUT2D eigenvalue weighted by Gasteiger charge is -2.09. The van der Waals surface area contributed by atoms with Crippen LogP contribution in [0.3, 0.4) is 0 Å². The Kier molecular flexibility index (Phi) is 5.77. The molecule has 2 amide bonds. The van der Waals surface area contributed by atoms with Crippen molar-refractivity contribution in [3.05, 3.63) is 59.1 Å². The number of nitrogens with one attached hydrogen (secondary N) is 2. The van der Waals surface area contributed by atoms with Gasteiger partial charge in [0.2, 0.25) is 11.8 Å². The topological polar surface area (TPSA) is 58.2 Å². The number of hydrogen-bond acceptors (Lipinski definition) is 2. The van der Waals surface area contributed by atoms with Gasteiger partial charge in [-0.1, -0.05) is 37.6 Å². The maximum atomic E-state index is 11.9. The number of hydrogen-bond donors (Lipinski definition) is 2. The Morgan fingerprint density at radius 2 is 1.30 bits per heavy atom. The zero-order valence-electron chi connectivity index (χ0n) is 13.1. The lowest BCUT2D eigenvalue weighted by molar-refractivity contribution is -0.123. The third-order valence-electron chi connectivity index (χ3n) is 3.31. The van der Waals surface area contributed by atoms with Gasteiger partial charge in [0.1, 0.15) is 6.42 Å². The number of amides is 2. The third-order valence-corrected chi connectivity index (χ3v) is 3.56. The standard InChI is InChI=1S/C18H19ClN2O2/c1-12(2)13-3-7-15(8-4-13)20-17(22)11-18(23)21-16-9-5-14(19)6-10-16/h3-10,12H,11H2,1-2H3,(H,20,22)(H,21,23). The number of benzene rings is 2. The molecule has 0 aliphatic carbocycles. The van der Waals surface area contributed by atoms with Gasteiger partial charge in [0.15, 0.2) is 0 Å². The number of rotatable bonds is 5. The molecule has 0 aromatic heterocycles. The Hall–Kier alpha value is -2.33. The molecule has 0 saturated carbocycles. The number of carbonyl (C=O) groups excluding carboxylic acids is 2. The molecule has 2 rings (SSSR count). The van der Waals surface area contributed by atoms with Gasteiger partial charge < -0.3 is 10.6 Å². The molecule has 120 valence electrons.